The molecule has 0 atom stereocenters. The number of anilines is 1. The summed E-state index contributed by atoms with van der Waals surface area (Å²) in [6.45, 7) is 0. The van der Waals surface area contributed by atoms with E-state index in [4.69, 9.17) is 10.8 Å². The normalized spacial score (nSPS) is 15.2. The number of carboxylic acid groups (broad SMARTS) is 1. The Morgan fingerprint density at radius 2 is 2.07 bits per heavy atom. The number of carbonyl (C=O) groups is 1. The van der Waals surface area contributed by atoms with Crippen molar-refractivity contribution in [3.05, 3.63) is 16.8 Å². The average Bonchev–Trinajstić information content (AvgIpc) is 2.41. The molecule has 14 heavy (non-hydrogen) atoms. The van der Waals surface area contributed by atoms with Gasteiger partial charge in [0.05, 0.1) is 0 Å². The molecule has 0 aromatic carbocycles. The highest BCUT2D eigenvalue weighted by atomic mass is 16.4. The van der Waals surface area contributed by atoms with Gasteiger partial charge in [-0.05, 0) is 31.2 Å². The van der Waals surface area contributed by atoms with Crippen molar-refractivity contribution >= 4 is 11.8 Å². The van der Waals surface area contributed by atoms with Crippen LogP contribution in [-0.2, 0) is 19.9 Å². The summed E-state index contributed by atoms with van der Waals surface area (Å²) in [6, 6.07) is 0. The summed E-state index contributed by atoms with van der Waals surface area (Å²) in [6.07, 6.45) is 3.99. The lowest BCUT2D eigenvalue weighted by Gasteiger charge is -2.13. The SMILES string of the molecule is Cn1c(N)c(C(=O)O)c2c1CCCC2. The lowest BCUT2D eigenvalue weighted by atomic mass is 9.95. The Bertz CT molecular complexity index is 393. The van der Waals surface area contributed by atoms with Crippen LogP contribution in [0.1, 0.15) is 34.5 Å². The first-order valence-electron chi connectivity index (χ1n) is 4.82. The van der Waals surface area contributed by atoms with E-state index in [9.17, 15) is 4.79 Å². The van der Waals surface area contributed by atoms with Crippen LogP contribution in [0.15, 0.2) is 0 Å². The molecule has 76 valence electrons. The van der Waals surface area contributed by atoms with E-state index >= 15 is 0 Å². The van der Waals surface area contributed by atoms with Crippen LogP contribution in [0.5, 0.6) is 0 Å². The van der Waals surface area contributed by atoms with Gasteiger partial charge in [-0.25, -0.2) is 4.79 Å². The highest BCUT2D eigenvalue weighted by Gasteiger charge is 2.25. The monoisotopic (exact) mass is 194 g/mol. The third-order valence-electron chi connectivity index (χ3n) is 2.98. The molecular formula is C10H14N2O2. The van der Waals surface area contributed by atoms with Crippen LogP contribution >= 0.6 is 0 Å². The van der Waals surface area contributed by atoms with E-state index in [1.807, 2.05) is 11.6 Å². The Hall–Kier alpha value is -1.45. The summed E-state index contributed by atoms with van der Waals surface area (Å²) in [4.78, 5) is 11.0. The third kappa shape index (κ3) is 1.10. The first-order valence-corrected chi connectivity index (χ1v) is 4.82. The number of aromatic carboxylic acids is 1. The van der Waals surface area contributed by atoms with E-state index in [0.717, 1.165) is 36.9 Å². The molecule has 0 amide bonds. The van der Waals surface area contributed by atoms with Gasteiger partial charge < -0.3 is 15.4 Å². The molecule has 1 aromatic heterocycles. The summed E-state index contributed by atoms with van der Waals surface area (Å²) in [5, 5.41) is 9.04. The van der Waals surface area contributed by atoms with E-state index in [1.54, 1.807) is 0 Å². The molecule has 0 aliphatic heterocycles. The van der Waals surface area contributed by atoms with Gasteiger partial charge >= 0.3 is 5.97 Å². The van der Waals surface area contributed by atoms with Gasteiger partial charge in [-0.15, -0.1) is 0 Å². The quantitative estimate of drug-likeness (QED) is 0.705. The van der Waals surface area contributed by atoms with Gasteiger partial charge in [0.2, 0.25) is 0 Å². The summed E-state index contributed by atoms with van der Waals surface area (Å²) in [7, 11) is 1.84. The number of carboxylic acids is 1. The molecule has 1 aliphatic carbocycles. The Kier molecular flexibility index (Phi) is 1.98. The van der Waals surface area contributed by atoms with Crippen LogP contribution < -0.4 is 5.73 Å². The smallest absolute Gasteiger partial charge is 0.339 e. The fourth-order valence-corrected chi connectivity index (χ4v) is 2.24. The largest absolute Gasteiger partial charge is 0.478 e. The van der Waals surface area contributed by atoms with Crippen molar-refractivity contribution in [3.63, 3.8) is 0 Å². The van der Waals surface area contributed by atoms with Gasteiger partial charge in [0.25, 0.3) is 0 Å². The standard InChI is InChI=1S/C10H14N2O2/c1-12-7-5-3-2-4-6(7)8(9(12)11)10(13)14/h2-5,11H2,1H3,(H,13,14). The average molecular weight is 194 g/mol. The van der Waals surface area contributed by atoms with E-state index in [0.29, 0.717) is 11.4 Å². The number of hydrogen-bond acceptors (Lipinski definition) is 2. The number of rotatable bonds is 1. The van der Waals surface area contributed by atoms with Crippen molar-refractivity contribution in [2.45, 2.75) is 25.7 Å². The molecule has 0 radical (unpaired) electrons. The van der Waals surface area contributed by atoms with Crippen molar-refractivity contribution < 1.29 is 9.90 Å². The zero-order valence-corrected chi connectivity index (χ0v) is 8.21. The van der Waals surface area contributed by atoms with Crippen molar-refractivity contribution in [2.75, 3.05) is 5.73 Å². The lowest BCUT2D eigenvalue weighted by molar-refractivity contribution is 0.0697. The van der Waals surface area contributed by atoms with Gasteiger partial charge in [-0.3, -0.25) is 0 Å². The first kappa shape index (κ1) is 9.12. The molecule has 3 N–H and O–H groups in total. The number of nitrogens with zero attached hydrogens (tertiary/aromatic N) is 1. The summed E-state index contributed by atoms with van der Waals surface area (Å²) in [5.74, 6) is -0.509. The van der Waals surface area contributed by atoms with Crippen LogP contribution in [0.3, 0.4) is 0 Å². The van der Waals surface area contributed by atoms with Gasteiger partial charge in [-0.1, -0.05) is 0 Å². The van der Waals surface area contributed by atoms with Crippen molar-refractivity contribution in [3.8, 4) is 0 Å². The maximum absolute atomic E-state index is 11.0. The highest BCUT2D eigenvalue weighted by Crippen LogP contribution is 2.30. The van der Waals surface area contributed by atoms with E-state index in [2.05, 4.69) is 0 Å². The molecule has 1 aliphatic rings. The summed E-state index contributed by atoms with van der Waals surface area (Å²) in [5.41, 5.74) is 8.14. The lowest BCUT2D eigenvalue weighted by Crippen LogP contribution is -2.07. The Morgan fingerprint density at radius 3 is 2.71 bits per heavy atom. The molecule has 0 saturated heterocycles. The third-order valence-corrected chi connectivity index (χ3v) is 2.98. The maximum Gasteiger partial charge on any atom is 0.339 e. The Morgan fingerprint density at radius 1 is 1.43 bits per heavy atom. The molecule has 2 rings (SSSR count). The second kappa shape index (κ2) is 3.04. The zero-order chi connectivity index (χ0) is 10.3. The van der Waals surface area contributed by atoms with Crippen LogP contribution in [-0.4, -0.2) is 15.6 Å². The van der Waals surface area contributed by atoms with E-state index in [-0.39, 0.29) is 0 Å². The minimum atomic E-state index is -0.902. The van der Waals surface area contributed by atoms with Crippen LogP contribution in [0.25, 0.3) is 0 Å². The second-order valence-corrected chi connectivity index (χ2v) is 3.76. The Labute approximate surface area is 82.3 Å². The summed E-state index contributed by atoms with van der Waals surface area (Å²) < 4.78 is 1.82. The maximum atomic E-state index is 11.0. The number of nitrogens with two attached hydrogens (primary N) is 1. The van der Waals surface area contributed by atoms with Gasteiger partial charge in [-0.2, -0.15) is 0 Å². The molecular weight excluding hydrogens is 180 g/mol. The highest BCUT2D eigenvalue weighted by molar-refractivity contribution is 5.95. The number of hydrogen-bond donors (Lipinski definition) is 2. The second-order valence-electron chi connectivity index (χ2n) is 3.76. The summed E-state index contributed by atoms with van der Waals surface area (Å²) >= 11 is 0. The molecule has 0 spiro atoms. The van der Waals surface area contributed by atoms with Crippen molar-refractivity contribution in [2.24, 2.45) is 7.05 Å². The molecule has 1 heterocycles. The number of nitrogen functional groups attached to an aromatic ring is 1. The minimum Gasteiger partial charge on any atom is -0.478 e. The van der Waals surface area contributed by atoms with Gasteiger partial charge in [0.15, 0.2) is 0 Å². The fourth-order valence-electron chi connectivity index (χ4n) is 2.24. The fraction of sp³-hybridized carbons (Fsp3) is 0.500. The predicted octanol–water partition coefficient (Wildman–Crippen LogP) is 1.18. The Balaban J connectivity index is 2.65. The predicted molar refractivity (Wildman–Crippen MR) is 53.4 cm³/mol. The molecule has 4 nitrogen and oxygen atoms in total. The molecule has 0 unspecified atom stereocenters. The van der Waals surface area contributed by atoms with E-state index in [1.165, 1.54) is 0 Å². The van der Waals surface area contributed by atoms with Crippen molar-refractivity contribution in [1.29, 1.82) is 0 Å². The molecule has 1 aromatic rings. The van der Waals surface area contributed by atoms with Crippen LogP contribution in [0.2, 0.25) is 0 Å². The number of fused-ring (bicyclic) bond motifs is 1. The van der Waals surface area contributed by atoms with E-state index < -0.39 is 5.97 Å². The molecule has 4 heteroatoms. The number of aromatic nitrogens is 1. The molecule has 0 bridgehead atoms. The van der Waals surface area contributed by atoms with Crippen LogP contribution in [0.4, 0.5) is 5.82 Å². The van der Waals surface area contributed by atoms with Crippen molar-refractivity contribution in [1.82, 2.24) is 4.57 Å². The van der Waals surface area contributed by atoms with Crippen LogP contribution in [0, 0.1) is 0 Å². The molecule has 0 fully saturated rings. The molecule has 0 saturated carbocycles. The van der Waals surface area contributed by atoms with Gasteiger partial charge in [0, 0.05) is 12.7 Å². The van der Waals surface area contributed by atoms with Gasteiger partial charge in [0.1, 0.15) is 11.4 Å². The minimum absolute atomic E-state index is 0.321. The zero-order valence-electron chi connectivity index (χ0n) is 8.21. The first-order chi connectivity index (χ1) is 6.63. The topological polar surface area (TPSA) is 68.2 Å².